The van der Waals surface area contributed by atoms with E-state index in [2.05, 4.69) is 13.8 Å². The van der Waals surface area contributed by atoms with E-state index in [1.165, 1.54) is 103 Å². The number of aliphatic hydroxyl groups is 2. The van der Waals surface area contributed by atoms with Gasteiger partial charge in [-0.05, 0) is 25.7 Å². The molecule has 0 amide bonds. The smallest absolute Gasteiger partial charge is 0.367 e. The van der Waals surface area contributed by atoms with Crippen molar-refractivity contribution in [1.29, 1.82) is 0 Å². The van der Waals surface area contributed by atoms with Crippen molar-refractivity contribution in [3.63, 3.8) is 0 Å². The standard InChI is InChI=1S/C36H74N2O6/c1-7-9-11-13-15-17-19-21-23-25-27-37(3,4)33(31-39)35(41)43-29-30-44-36(42)34(32-40)38(5,6)28-26-24-22-20-18-16-14-12-10-8-2/h33-34,39-40H,7-32H2,1-6H3/q+2/t33-,34-/m0/s1. The highest BCUT2D eigenvalue weighted by Gasteiger charge is 2.37. The van der Waals surface area contributed by atoms with E-state index in [1.807, 2.05) is 28.2 Å². The number of carbonyl (C=O) groups is 2. The molecule has 2 N–H and O–H groups in total. The highest BCUT2D eigenvalue weighted by Crippen LogP contribution is 2.16. The zero-order valence-electron chi connectivity index (χ0n) is 30.0. The third kappa shape index (κ3) is 20.7. The fourth-order valence-corrected chi connectivity index (χ4v) is 5.96. The van der Waals surface area contributed by atoms with Crippen LogP contribution in [0.2, 0.25) is 0 Å². The number of likely N-dealkylation sites (N-methyl/N-ethyl adjacent to an activating group) is 2. The highest BCUT2D eigenvalue weighted by atomic mass is 16.6. The Labute approximate surface area is 272 Å². The second-order valence-electron chi connectivity index (χ2n) is 14.1. The van der Waals surface area contributed by atoms with Gasteiger partial charge < -0.3 is 28.7 Å². The van der Waals surface area contributed by atoms with Gasteiger partial charge >= 0.3 is 11.9 Å². The Bertz CT molecular complexity index is 642. The summed E-state index contributed by atoms with van der Waals surface area (Å²) in [7, 11) is 7.82. The first-order valence-electron chi connectivity index (χ1n) is 18.3. The van der Waals surface area contributed by atoms with Gasteiger partial charge in [-0.25, -0.2) is 9.59 Å². The van der Waals surface area contributed by atoms with Crippen molar-refractivity contribution in [2.45, 2.75) is 154 Å². The monoisotopic (exact) mass is 631 g/mol. The molecule has 0 fully saturated rings. The van der Waals surface area contributed by atoms with E-state index in [0.29, 0.717) is 8.97 Å². The lowest BCUT2D eigenvalue weighted by Gasteiger charge is -2.36. The molecule has 0 aromatic carbocycles. The Kier molecular flexibility index (Phi) is 26.2. The first kappa shape index (κ1) is 42.8. The highest BCUT2D eigenvalue weighted by molar-refractivity contribution is 5.75. The lowest BCUT2D eigenvalue weighted by molar-refractivity contribution is -0.907. The van der Waals surface area contributed by atoms with Gasteiger partial charge in [0.1, 0.15) is 26.4 Å². The number of quaternary nitrogens is 2. The Morgan fingerprint density at radius 2 is 0.727 bits per heavy atom. The SMILES string of the molecule is CCCCCCCCCCCC[N+](C)(C)[C@@H](CO)C(=O)OCCOC(=O)[C@H](CO)[N+](C)(C)CCCCCCCCCCCC. The minimum atomic E-state index is -0.675. The second kappa shape index (κ2) is 26.9. The summed E-state index contributed by atoms with van der Waals surface area (Å²) in [6.45, 7) is 5.35. The molecular formula is C36H74N2O6+2. The first-order valence-corrected chi connectivity index (χ1v) is 18.3. The summed E-state index contributed by atoms with van der Waals surface area (Å²) in [5.74, 6) is -0.951. The lowest BCUT2D eigenvalue weighted by atomic mass is 10.1. The Morgan fingerprint density at radius 1 is 0.477 bits per heavy atom. The quantitative estimate of drug-likeness (QED) is 0.0498. The van der Waals surface area contributed by atoms with Crippen molar-refractivity contribution in [2.24, 2.45) is 0 Å². The minimum absolute atomic E-state index is 0.0661. The molecule has 0 aliphatic carbocycles. The molecule has 8 nitrogen and oxygen atoms in total. The molecule has 0 aliphatic rings. The lowest BCUT2D eigenvalue weighted by Crippen LogP contribution is -2.56. The van der Waals surface area contributed by atoms with Crippen LogP contribution in [0.4, 0.5) is 0 Å². The van der Waals surface area contributed by atoms with E-state index in [1.54, 1.807) is 0 Å². The number of nitrogens with zero attached hydrogens (tertiary/aromatic N) is 2. The van der Waals surface area contributed by atoms with Gasteiger partial charge in [-0.2, -0.15) is 0 Å². The van der Waals surface area contributed by atoms with Crippen LogP contribution in [0.25, 0.3) is 0 Å². The van der Waals surface area contributed by atoms with Crippen molar-refractivity contribution in [3.8, 4) is 0 Å². The largest absolute Gasteiger partial charge is 0.458 e. The van der Waals surface area contributed by atoms with Gasteiger partial charge in [0.2, 0.25) is 12.1 Å². The van der Waals surface area contributed by atoms with Crippen LogP contribution >= 0.6 is 0 Å². The Morgan fingerprint density at radius 3 is 0.977 bits per heavy atom. The van der Waals surface area contributed by atoms with Gasteiger partial charge in [0.25, 0.3) is 0 Å². The van der Waals surface area contributed by atoms with Gasteiger partial charge in [0.05, 0.1) is 41.3 Å². The fourth-order valence-electron chi connectivity index (χ4n) is 5.96. The molecule has 0 saturated heterocycles. The van der Waals surface area contributed by atoms with Crippen LogP contribution in [-0.4, -0.2) is 111 Å². The predicted octanol–water partition coefficient (Wildman–Crippen LogP) is 6.79. The van der Waals surface area contributed by atoms with Crippen LogP contribution in [0, 0.1) is 0 Å². The van der Waals surface area contributed by atoms with E-state index in [0.717, 1.165) is 38.8 Å². The summed E-state index contributed by atoms with van der Waals surface area (Å²) in [6, 6.07) is -1.35. The molecule has 44 heavy (non-hydrogen) atoms. The number of aliphatic hydroxyl groups excluding tert-OH is 2. The van der Waals surface area contributed by atoms with E-state index >= 15 is 0 Å². The Hall–Kier alpha value is -1.22. The van der Waals surface area contributed by atoms with E-state index in [4.69, 9.17) is 9.47 Å². The molecule has 262 valence electrons. The van der Waals surface area contributed by atoms with Crippen LogP contribution in [0.1, 0.15) is 142 Å². The van der Waals surface area contributed by atoms with Crippen LogP contribution in [0.5, 0.6) is 0 Å². The number of hydrogen-bond acceptors (Lipinski definition) is 6. The van der Waals surface area contributed by atoms with Crippen LogP contribution in [0.3, 0.4) is 0 Å². The number of carbonyl (C=O) groups excluding carboxylic acids is 2. The molecule has 0 unspecified atom stereocenters. The van der Waals surface area contributed by atoms with Crippen molar-refractivity contribution < 1.29 is 38.2 Å². The van der Waals surface area contributed by atoms with Gasteiger partial charge in [0.15, 0.2) is 0 Å². The molecule has 0 bridgehead atoms. The molecule has 8 heteroatoms. The van der Waals surface area contributed by atoms with Gasteiger partial charge in [-0.3, -0.25) is 0 Å². The van der Waals surface area contributed by atoms with Gasteiger partial charge in [-0.1, -0.05) is 117 Å². The molecule has 2 atom stereocenters. The van der Waals surface area contributed by atoms with Crippen molar-refractivity contribution in [3.05, 3.63) is 0 Å². The zero-order chi connectivity index (χ0) is 33.1. The maximum atomic E-state index is 12.8. The fraction of sp³-hybridized carbons (Fsp3) is 0.944. The third-order valence-corrected chi connectivity index (χ3v) is 9.33. The Balaban J connectivity index is 4.29. The van der Waals surface area contributed by atoms with Crippen LogP contribution in [-0.2, 0) is 19.1 Å². The molecule has 0 heterocycles. The molecule has 0 aromatic heterocycles. The summed E-state index contributed by atoms with van der Waals surface area (Å²) in [4.78, 5) is 25.6. The third-order valence-electron chi connectivity index (χ3n) is 9.33. The summed E-state index contributed by atoms with van der Waals surface area (Å²) in [6.07, 6.45) is 25.1. The topological polar surface area (TPSA) is 93.1 Å². The molecular weight excluding hydrogens is 556 g/mol. The number of unbranched alkanes of at least 4 members (excludes halogenated alkanes) is 18. The van der Waals surface area contributed by atoms with Crippen molar-refractivity contribution in [1.82, 2.24) is 0 Å². The average molecular weight is 631 g/mol. The first-order chi connectivity index (χ1) is 21.1. The average Bonchev–Trinajstić information content (AvgIpc) is 2.97. The summed E-state index contributed by atoms with van der Waals surface area (Å²) in [5.41, 5.74) is 0. The second-order valence-corrected chi connectivity index (χ2v) is 14.1. The molecule has 0 rings (SSSR count). The molecule has 0 radical (unpaired) electrons. The summed E-state index contributed by atoms with van der Waals surface area (Å²) in [5, 5.41) is 19.9. The number of esters is 2. The number of hydrogen-bond donors (Lipinski definition) is 2. The minimum Gasteiger partial charge on any atom is -0.458 e. The normalized spacial score (nSPS) is 13.5. The van der Waals surface area contributed by atoms with Crippen molar-refractivity contribution in [2.75, 3.05) is 67.7 Å². The van der Waals surface area contributed by atoms with E-state index in [9.17, 15) is 19.8 Å². The number of ether oxygens (including phenoxy) is 2. The van der Waals surface area contributed by atoms with Gasteiger partial charge in [0, 0.05) is 0 Å². The molecule has 0 saturated carbocycles. The summed E-state index contributed by atoms with van der Waals surface area (Å²) >= 11 is 0. The molecule has 0 aromatic rings. The van der Waals surface area contributed by atoms with Crippen LogP contribution < -0.4 is 0 Å². The van der Waals surface area contributed by atoms with E-state index in [-0.39, 0.29) is 26.4 Å². The number of rotatable bonds is 31. The van der Waals surface area contributed by atoms with E-state index < -0.39 is 24.0 Å². The zero-order valence-corrected chi connectivity index (χ0v) is 30.0. The summed E-state index contributed by atoms with van der Waals surface area (Å²) < 4.78 is 11.5. The molecule has 0 spiro atoms. The molecule has 0 aliphatic heterocycles. The predicted molar refractivity (Wildman–Crippen MR) is 181 cm³/mol. The van der Waals surface area contributed by atoms with Crippen molar-refractivity contribution >= 4 is 11.9 Å². The van der Waals surface area contributed by atoms with Gasteiger partial charge in [-0.15, -0.1) is 0 Å². The van der Waals surface area contributed by atoms with Crippen LogP contribution in [0.15, 0.2) is 0 Å². The maximum Gasteiger partial charge on any atom is 0.367 e. The maximum absolute atomic E-state index is 12.8.